The Morgan fingerprint density at radius 1 is 1.25 bits per heavy atom. The number of aromatic nitrogens is 2. The van der Waals surface area contributed by atoms with E-state index in [0.717, 1.165) is 13.0 Å². The molecule has 5 nitrogen and oxygen atoms in total. The van der Waals surface area contributed by atoms with E-state index in [1.807, 2.05) is 20.8 Å². The van der Waals surface area contributed by atoms with Gasteiger partial charge >= 0.3 is 0 Å². The van der Waals surface area contributed by atoms with Gasteiger partial charge in [-0.25, -0.2) is 18.7 Å². The van der Waals surface area contributed by atoms with E-state index in [1.54, 1.807) is 6.07 Å². The minimum absolute atomic E-state index is 0.0947. The molecule has 0 fully saturated rings. The van der Waals surface area contributed by atoms with E-state index in [2.05, 4.69) is 20.6 Å². The maximum atomic E-state index is 13.0. The summed E-state index contributed by atoms with van der Waals surface area (Å²) in [6, 6.07) is 1.59. The van der Waals surface area contributed by atoms with Crippen molar-refractivity contribution in [1.29, 1.82) is 0 Å². The third-order valence-electron chi connectivity index (χ3n) is 2.58. The number of rotatable bonds is 8. The first-order valence-electron chi connectivity index (χ1n) is 6.73. The van der Waals surface area contributed by atoms with Gasteiger partial charge in [-0.3, -0.25) is 0 Å². The number of hydrogen-bond acceptors (Lipinski definition) is 5. The van der Waals surface area contributed by atoms with Crippen molar-refractivity contribution in [3.05, 3.63) is 11.9 Å². The summed E-state index contributed by atoms with van der Waals surface area (Å²) in [4.78, 5) is 8.54. The van der Waals surface area contributed by atoms with Gasteiger partial charge in [0.05, 0.1) is 6.54 Å². The second-order valence-electron chi connectivity index (χ2n) is 4.95. The fourth-order valence-electron chi connectivity index (χ4n) is 1.43. The minimum Gasteiger partial charge on any atom is -0.390 e. The predicted molar refractivity (Wildman–Crippen MR) is 75.4 cm³/mol. The van der Waals surface area contributed by atoms with Crippen LogP contribution >= 0.6 is 0 Å². The molecule has 0 radical (unpaired) electrons. The standard InChI is InChI=1S/C13H22F2N4O/c1-4-5-16-10-6-11(17-7-13(14,15)8-20)19-12(18-10)9(2)3/h6,9,20H,4-5,7-8H2,1-3H3,(H2,16,17,18,19). The van der Waals surface area contributed by atoms with Crippen molar-refractivity contribution in [1.82, 2.24) is 9.97 Å². The highest BCUT2D eigenvalue weighted by molar-refractivity contribution is 5.48. The lowest BCUT2D eigenvalue weighted by atomic mass is 10.2. The summed E-state index contributed by atoms with van der Waals surface area (Å²) < 4.78 is 26.1. The molecule has 0 aliphatic rings. The summed E-state index contributed by atoms with van der Waals surface area (Å²) in [6.45, 7) is 4.80. The molecular weight excluding hydrogens is 266 g/mol. The summed E-state index contributed by atoms with van der Waals surface area (Å²) in [5.41, 5.74) is 0. The highest BCUT2D eigenvalue weighted by Crippen LogP contribution is 2.19. The van der Waals surface area contributed by atoms with Crippen LogP contribution in [0.3, 0.4) is 0 Å². The molecule has 0 unspecified atom stereocenters. The van der Waals surface area contributed by atoms with E-state index in [-0.39, 0.29) is 5.92 Å². The summed E-state index contributed by atoms with van der Waals surface area (Å²) in [5.74, 6) is -1.55. The third-order valence-corrected chi connectivity index (χ3v) is 2.58. The number of aliphatic hydroxyl groups is 1. The first-order chi connectivity index (χ1) is 9.38. The minimum atomic E-state index is -3.17. The molecular formula is C13H22F2N4O. The van der Waals surface area contributed by atoms with Gasteiger partial charge in [-0.2, -0.15) is 0 Å². The average Bonchev–Trinajstić information content (AvgIpc) is 2.43. The van der Waals surface area contributed by atoms with Crippen LogP contribution < -0.4 is 10.6 Å². The van der Waals surface area contributed by atoms with Gasteiger partial charge < -0.3 is 15.7 Å². The molecule has 0 aliphatic carbocycles. The Bertz CT molecular complexity index is 427. The van der Waals surface area contributed by atoms with Crippen LogP contribution in [0, 0.1) is 0 Å². The summed E-state index contributed by atoms with van der Waals surface area (Å²) in [6.07, 6.45) is 0.937. The van der Waals surface area contributed by atoms with Crippen LogP contribution in [0.15, 0.2) is 6.07 Å². The van der Waals surface area contributed by atoms with E-state index in [9.17, 15) is 8.78 Å². The number of nitrogens with zero attached hydrogens (tertiary/aromatic N) is 2. The van der Waals surface area contributed by atoms with Crippen molar-refractivity contribution in [3.8, 4) is 0 Å². The number of halogens is 2. The van der Waals surface area contributed by atoms with Gasteiger partial charge in [-0.05, 0) is 6.42 Å². The summed E-state index contributed by atoms with van der Waals surface area (Å²) >= 11 is 0. The van der Waals surface area contributed by atoms with Crippen LogP contribution in [0.2, 0.25) is 0 Å². The first-order valence-corrected chi connectivity index (χ1v) is 6.73. The van der Waals surface area contributed by atoms with Crippen molar-refractivity contribution in [2.75, 3.05) is 30.3 Å². The number of aliphatic hydroxyl groups excluding tert-OH is 1. The number of hydrogen-bond donors (Lipinski definition) is 3. The van der Waals surface area contributed by atoms with Crippen molar-refractivity contribution in [2.45, 2.75) is 39.0 Å². The Kier molecular flexibility index (Phi) is 6.06. The van der Waals surface area contributed by atoms with Crippen LogP contribution in [0.4, 0.5) is 20.4 Å². The van der Waals surface area contributed by atoms with Gasteiger partial charge in [0.1, 0.15) is 24.1 Å². The largest absolute Gasteiger partial charge is 0.390 e. The van der Waals surface area contributed by atoms with Crippen LogP contribution in [0.25, 0.3) is 0 Å². The molecule has 0 amide bonds. The van der Waals surface area contributed by atoms with E-state index in [0.29, 0.717) is 17.5 Å². The molecule has 7 heteroatoms. The Labute approximate surface area is 117 Å². The lowest BCUT2D eigenvalue weighted by Crippen LogP contribution is -2.31. The van der Waals surface area contributed by atoms with Gasteiger partial charge in [0.25, 0.3) is 5.92 Å². The van der Waals surface area contributed by atoms with Gasteiger partial charge in [-0.1, -0.05) is 20.8 Å². The highest BCUT2D eigenvalue weighted by Gasteiger charge is 2.27. The molecule has 0 spiro atoms. The maximum Gasteiger partial charge on any atom is 0.287 e. The molecule has 1 aromatic rings. The normalized spacial score (nSPS) is 11.8. The molecule has 1 heterocycles. The van der Waals surface area contributed by atoms with Gasteiger partial charge in [-0.15, -0.1) is 0 Å². The topological polar surface area (TPSA) is 70.1 Å². The van der Waals surface area contributed by atoms with E-state index < -0.39 is 19.1 Å². The summed E-state index contributed by atoms with van der Waals surface area (Å²) in [7, 11) is 0. The predicted octanol–water partition coefficient (Wildman–Crippen LogP) is 2.46. The van der Waals surface area contributed by atoms with Crippen molar-refractivity contribution < 1.29 is 13.9 Å². The monoisotopic (exact) mass is 288 g/mol. The molecule has 0 bridgehead atoms. The molecule has 114 valence electrons. The zero-order chi connectivity index (χ0) is 15.2. The smallest absolute Gasteiger partial charge is 0.287 e. The quantitative estimate of drug-likeness (QED) is 0.685. The van der Waals surface area contributed by atoms with E-state index in [1.165, 1.54) is 0 Å². The van der Waals surface area contributed by atoms with Crippen molar-refractivity contribution in [2.24, 2.45) is 0 Å². The second-order valence-corrected chi connectivity index (χ2v) is 4.95. The van der Waals surface area contributed by atoms with Crippen LogP contribution in [-0.2, 0) is 0 Å². The van der Waals surface area contributed by atoms with Crippen LogP contribution in [-0.4, -0.2) is 40.7 Å². The number of anilines is 2. The van der Waals surface area contributed by atoms with Crippen molar-refractivity contribution in [3.63, 3.8) is 0 Å². The number of nitrogens with one attached hydrogen (secondary N) is 2. The molecule has 0 aromatic carbocycles. The first kappa shape index (κ1) is 16.6. The highest BCUT2D eigenvalue weighted by atomic mass is 19.3. The molecule has 0 aliphatic heterocycles. The fraction of sp³-hybridized carbons (Fsp3) is 0.692. The fourth-order valence-corrected chi connectivity index (χ4v) is 1.43. The van der Waals surface area contributed by atoms with Gasteiger partial charge in [0.2, 0.25) is 0 Å². The van der Waals surface area contributed by atoms with Crippen molar-refractivity contribution >= 4 is 11.6 Å². The molecule has 0 atom stereocenters. The lowest BCUT2D eigenvalue weighted by molar-refractivity contribution is -0.0373. The zero-order valence-electron chi connectivity index (χ0n) is 12.1. The molecule has 1 rings (SSSR count). The van der Waals surface area contributed by atoms with Gasteiger partial charge in [0.15, 0.2) is 0 Å². The number of alkyl halides is 2. The summed E-state index contributed by atoms with van der Waals surface area (Å²) in [5, 5.41) is 14.2. The SMILES string of the molecule is CCCNc1cc(NCC(F)(F)CO)nc(C(C)C)n1. The molecule has 3 N–H and O–H groups in total. The van der Waals surface area contributed by atoms with E-state index in [4.69, 9.17) is 5.11 Å². The molecule has 1 aromatic heterocycles. The lowest BCUT2D eigenvalue weighted by Gasteiger charge is -2.16. The second kappa shape index (κ2) is 7.33. The van der Waals surface area contributed by atoms with E-state index >= 15 is 0 Å². The van der Waals surface area contributed by atoms with Crippen LogP contribution in [0.5, 0.6) is 0 Å². The third kappa shape index (κ3) is 5.24. The van der Waals surface area contributed by atoms with Crippen LogP contribution in [0.1, 0.15) is 38.9 Å². The van der Waals surface area contributed by atoms with Gasteiger partial charge in [0, 0.05) is 18.5 Å². The molecule has 0 saturated carbocycles. The molecule has 0 saturated heterocycles. The molecule has 20 heavy (non-hydrogen) atoms. The Morgan fingerprint density at radius 3 is 2.35 bits per heavy atom. The maximum absolute atomic E-state index is 13.0. The Balaban J connectivity index is 2.85. The Morgan fingerprint density at radius 2 is 1.85 bits per heavy atom. The Hall–Kier alpha value is -1.50. The zero-order valence-corrected chi connectivity index (χ0v) is 12.1. The average molecular weight is 288 g/mol.